The van der Waals surface area contributed by atoms with E-state index in [1.807, 2.05) is 32.0 Å². The highest BCUT2D eigenvalue weighted by molar-refractivity contribution is 5.79. The molecule has 4 heteroatoms. The summed E-state index contributed by atoms with van der Waals surface area (Å²) in [5.41, 5.74) is 1.32. The zero-order chi connectivity index (χ0) is 13.3. The van der Waals surface area contributed by atoms with Crippen LogP contribution >= 0.6 is 0 Å². The Morgan fingerprint density at radius 3 is 2.44 bits per heavy atom. The molecular weight excluding hydrogens is 230 g/mol. The number of benzene rings is 1. The van der Waals surface area contributed by atoms with E-state index in [-0.39, 0.29) is 12.5 Å². The van der Waals surface area contributed by atoms with Crippen LogP contribution in [0.4, 0.5) is 0 Å². The molecule has 2 rings (SSSR count). The first-order chi connectivity index (χ1) is 8.39. The zero-order valence-electron chi connectivity index (χ0n) is 11.1. The van der Waals surface area contributed by atoms with Crippen LogP contribution in [0, 0.1) is 13.8 Å². The maximum Gasteiger partial charge on any atom is 0.260 e. The number of nitrogens with zero attached hydrogens (tertiary/aromatic N) is 1. The average molecular weight is 249 g/mol. The molecule has 4 nitrogen and oxygen atoms in total. The van der Waals surface area contributed by atoms with Crippen LogP contribution in [0.5, 0.6) is 5.75 Å². The molecule has 1 aromatic carbocycles. The fourth-order valence-electron chi connectivity index (χ4n) is 2.20. The molecule has 1 aromatic rings. The van der Waals surface area contributed by atoms with E-state index in [4.69, 9.17) is 4.74 Å². The Labute approximate surface area is 107 Å². The molecule has 0 unspecified atom stereocenters. The number of amides is 1. The fourth-order valence-corrected chi connectivity index (χ4v) is 2.20. The second-order valence-corrected chi connectivity index (χ2v) is 5.26. The summed E-state index contributed by atoms with van der Waals surface area (Å²) in [4.78, 5) is 13.4. The zero-order valence-corrected chi connectivity index (χ0v) is 11.1. The highest BCUT2D eigenvalue weighted by atomic mass is 16.5. The minimum Gasteiger partial charge on any atom is -0.483 e. The van der Waals surface area contributed by atoms with E-state index in [1.54, 1.807) is 11.8 Å². The van der Waals surface area contributed by atoms with Crippen molar-refractivity contribution in [3.63, 3.8) is 0 Å². The molecule has 0 spiro atoms. The highest BCUT2D eigenvalue weighted by Crippen LogP contribution is 2.23. The number of hydrogen-bond donors (Lipinski definition) is 1. The van der Waals surface area contributed by atoms with Crippen molar-refractivity contribution in [3.8, 4) is 5.75 Å². The smallest absolute Gasteiger partial charge is 0.260 e. The van der Waals surface area contributed by atoms with Gasteiger partial charge in [-0.3, -0.25) is 4.79 Å². The summed E-state index contributed by atoms with van der Waals surface area (Å²) < 4.78 is 5.58. The predicted octanol–water partition coefficient (Wildman–Crippen LogP) is 1.28. The first-order valence-corrected chi connectivity index (χ1v) is 6.08. The normalized spacial score (nSPS) is 17.2. The second kappa shape index (κ2) is 4.61. The van der Waals surface area contributed by atoms with E-state index >= 15 is 0 Å². The summed E-state index contributed by atoms with van der Waals surface area (Å²) >= 11 is 0. The monoisotopic (exact) mass is 249 g/mol. The summed E-state index contributed by atoms with van der Waals surface area (Å²) in [7, 11) is 0. The molecule has 1 fully saturated rings. The van der Waals surface area contributed by atoms with Crippen LogP contribution in [0.1, 0.15) is 18.1 Å². The molecule has 1 aliphatic heterocycles. The lowest BCUT2D eigenvalue weighted by Gasteiger charge is -2.44. The number of rotatable bonds is 3. The van der Waals surface area contributed by atoms with Gasteiger partial charge in [0.1, 0.15) is 5.75 Å². The van der Waals surface area contributed by atoms with Crippen LogP contribution in [-0.2, 0) is 4.79 Å². The van der Waals surface area contributed by atoms with E-state index in [2.05, 4.69) is 0 Å². The molecule has 1 saturated heterocycles. The second-order valence-electron chi connectivity index (χ2n) is 5.26. The molecule has 0 atom stereocenters. The number of carbonyl (C=O) groups excluding carboxylic acids is 1. The van der Waals surface area contributed by atoms with Crippen LogP contribution in [0.3, 0.4) is 0 Å². The van der Waals surface area contributed by atoms with Crippen LogP contribution in [0.15, 0.2) is 18.2 Å². The Hall–Kier alpha value is -1.55. The number of hydrogen-bond acceptors (Lipinski definition) is 3. The van der Waals surface area contributed by atoms with E-state index in [0.29, 0.717) is 13.1 Å². The van der Waals surface area contributed by atoms with Gasteiger partial charge in [-0.05, 0) is 31.9 Å². The average Bonchev–Trinajstić information content (AvgIpc) is 2.24. The predicted molar refractivity (Wildman–Crippen MR) is 68.6 cm³/mol. The third-order valence-electron chi connectivity index (χ3n) is 3.16. The van der Waals surface area contributed by atoms with Crippen molar-refractivity contribution in [2.75, 3.05) is 19.7 Å². The van der Waals surface area contributed by atoms with E-state index in [1.165, 1.54) is 0 Å². The largest absolute Gasteiger partial charge is 0.483 e. The van der Waals surface area contributed by atoms with Gasteiger partial charge in [-0.1, -0.05) is 18.2 Å². The van der Waals surface area contributed by atoms with Crippen LogP contribution in [0.25, 0.3) is 0 Å². The first kappa shape index (κ1) is 12.9. The van der Waals surface area contributed by atoms with Gasteiger partial charge >= 0.3 is 0 Å². The molecule has 1 N–H and O–H groups in total. The number of aryl methyl sites for hydroxylation is 2. The quantitative estimate of drug-likeness (QED) is 0.877. The van der Waals surface area contributed by atoms with Gasteiger partial charge in [-0.15, -0.1) is 0 Å². The minimum absolute atomic E-state index is 0.0295. The number of likely N-dealkylation sites (tertiary alicyclic amines) is 1. The van der Waals surface area contributed by atoms with Gasteiger partial charge in [0, 0.05) is 0 Å². The van der Waals surface area contributed by atoms with E-state index in [9.17, 15) is 9.90 Å². The lowest BCUT2D eigenvalue weighted by molar-refractivity contribution is -0.154. The molecule has 1 heterocycles. The topological polar surface area (TPSA) is 49.8 Å². The molecule has 98 valence electrons. The lowest BCUT2D eigenvalue weighted by atomic mass is 9.97. The Morgan fingerprint density at radius 1 is 1.39 bits per heavy atom. The van der Waals surface area contributed by atoms with Crippen molar-refractivity contribution in [2.45, 2.75) is 26.4 Å². The Kier molecular flexibility index (Phi) is 3.30. The molecule has 0 radical (unpaired) electrons. The summed E-state index contributed by atoms with van der Waals surface area (Å²) in [5, 5.41) is 9.57. The molecule has 0 aliphatic carbocycles. The summed E-state index contributed by atoms with van der Waals surface area (Å²) in [6.07, 6.45) is 0. The van der Waals surface area contributed by atoms with E-state index in [0.717, 1.165) is 16.9 Å². The maximum atomic E-state index is 11.8. The molecular formula is C14H19NO3. The van der Waals surface area contributed by atoms with Gasteiger partial charge in [0.25, 0.3) is 5.91 Å². The van der Waals surface area contributed by atoms with Crippen molar-refractivity contribution in [2.24, 2.45) is 0 Å². The SMILES string of the molecule is Cc1cccc(C)c1OCC(=O)N1CC(C)(O)C1. The first-order valence-electron chi connectivity index (χ1n) is 6.08. The number of para-hydroxylation sites is 1. The number of ether oxygens (including phenoxy) is 1. The summed E-state index contributed by atoms with van der Waals surface area (Å²) in [5.74, 6) is 0.697. The third kappa shape index (κ3) is 2.64. The summed E-state index contributed by atoms with van der Waals surface area (Å²) in [6.45, 7) is 6.46. The van der Waals surface area contributed by atoms with Crippen molar-refractivity contribution >= 4 is 5.91 Å². The minimum atomic E-state index is -0.728. The number of aliphatic hydroxyl groups is 1. The van der Waals surface area contributed by atoms with Gasteiger partial charge in [-0.2, -0.15) is 0 Å². The van der Waals surface area contributed by atoms with Crippen molar-refractivity contribution in [1.29, 1.82) is 0 Å². The van der Waals surface area contributed by atoms with Crippen LogP contribution in [0.2, 0.25) is 0 Å². The third-order valence-corrected chi connectivity index (χ3v) is 3.16. The molecule has 1 amide bonds. The molecule has 1 aliphatic rings. The van der Waals surface area contributed by atoms with Crippen LogP contribution in [-0.4, -0.2) is 41.2 Å². The van der Waals surface area contributed by atoms with Gasteiger partial charge in [0.15, 0.2) is 6.61 Å². The Morgan fingerprint density at radius 2 is 1.94 bits per heavy atom. The van der Waals surface area contributed by atoms with Crippen molar-refractivity contribution in [3.05, 3.63) is 29.3 Å². The van der Waals surface area contributed by atoms with Crippen molar-refractivity contribution in [1.82, 2.24) is 4.90 Å². The number of β-amino-alcohol motifs (C(OH)–C–C–N with tert-alkyl or cyclic N) is 1. The Balaban J connectivity index is 1.91. The molecule has 0 bridgehead atoms. The molecule has 18 heavy (non-hydrogen) atoms. The Bertz CT molecular complexity index is 440. The standard InChI is InChI=1S/C14H19NO3/c1-10-5-4-6-11(2)13(10)18-7-12(16)15-8-14(3,17)9-15/h4-6,17H,7-9H2,1-3H3. The van der Waals surface area contributed by atoms with Crippen LogP contribution < -0.4 is 4.74 Å². The van der Waals surface area contributed by atoms with E-state index < -0.39 is 5.60 Å². The summed E-state index contributed by atoms with van der Waals surface area (Å²) in [6, 6.07) is 5.88. The molecule has 0 saturated carbocycles. The van der Waals surface area contributed by atoms with Gasteiger partial charge < -0.3 is 14.7 Å². The van der Waals surface area contributed by atoms with Gasteiger partial charge in [0.2, 0.25) is 0 Å². The fraction of sp³-hybridized carbons (Fsp3) is 0.500. The van der Waals surface area contributed by atoms with Gasteiger partial charge in [-0.25, -0.2) is 0 Å². The maximum absolute atomic E-state index is 11.8. The highest BCUT2D eigenvalue weighted by Gasteiger charge is 2.39. The van der Waals surface area contributed by atoms with Gasteiger partial charge in [0.05, 0.1) is 18.7 Å². The molecule has 0 aromatic heterocycles. The number of carbonyl (C=O) groups is 1. The lowest BCUT2D eigenvalue weighted by Crippen LogP contribution is -2.62. The van der Waals surface area contributed by atoms with Crippen molar-refractivity contribution < 1.29 is 14.6 Å².